The number of nitrogens with one attached hydrogen (secondary N) is 2. The fraction of sp³-hybridized carbons (Fsp3) is 0.417. The van der Waals surface area contributed by atoms with E-state index in [1.54, 1.807) is 14.1 Å². The van der Waals surface area contributed by atoms with Crippen molar-refractivity contribution in [3.05, 3.63) is 29.8 Å². The van der Waals surface area contributed by atoms with Crippen molar-refractivity contribution in [2.45, 2.75) is 6.18 Å². The molecule has 7 heteroatoms. The van der Waals surface area contributed by atoms with Crippen LogP contribution in [0.1, 0.15) is 5.56 Å². The Kier molecular flexibility index (Phi) is 5.02. The van der Waals surface area contributed by atoms with Gasteiger partial charge in [-0.15, -0.1) is 0 Å². The van der Waals surface area contributed by atoms with Gasteiger partial charge in [-0.3, -0.25) is 0 Å². The van der Waals surface area contributed by atoms with Gasteiger partial charge in [0.1, 0.15) is 0 Å². The Hall–Kier alpha value is -1.92. The molecule has 0 spiro atoms. The van der Waals surface area contributed by atoms with Crippen LogP contribution in [0, 0.1) is 0 Å². The topological polar surface area (TPSA) is 44.4 Å². The minimum atomic E-state index is -4.39. The van der Waals surface area contributed by atoms with Crippen LogP contribution in [-0.4, -0.2) is 38.1 Å². The summed E-state index contributed by atoms with van der Waals surface area (Å²) in [5.74, 6) is 0. The highest BCUT2D eigenvalue weighted by Crippen LogP contribution is 2.34. The van der Waals surface area contributed by atoms with E-state index in [1.807, 2.05) is 0 Å². The van der Waals surface area contributed by atoms with Gasteiger partial charge in [-0.05, 0) is 12.1 Å². The van der Waals surface area contributed by atoms with E-state index in [4.69, 9.17) is 0 Å². The molecule has 0 fully saturated rings. The lowest BCUT2D eigenvalue weighted by atomic mass is 10.1. The zero-order chi connectivity index (χ0) is 14.5. The zero-order valence-electron chi connectivity index (χ0n) is 10.7. The molecule has 1 aromatic carbocycles. The first kappa shape index (κ1) is 15.1. The summed E-state index contributed by atoms with van der Waals surface area (Å²) in [4.78, 5) is 12.5. The van der Waals surface area contributed by atoms with E-state index in [-0.39, 0.29) is 24.8 Å². The van der Waals surface area contributed by atoms with Crippen LogP contribution >= 0.6 is 0 Å². The molecule has 106 valence electrons. The van der Waals surface area contributed by atoms with Crippen LogP contribution in [0.3, 0.4) is 0 Å². The second-order valence-corrected chi connectivity index (χ2v) is 4.10. The van der Waals surface area contributed by atoms with Gasteiger partial charge in [0.2, 0.25) is 0 Å². The number of carbonyl (C=O) groups is 1. The normalized spacial score (nSPS) is 11.0. The molecular weight excluding hydrogens is 259 g/mol. The van der Waals surface area contributed by atoms with E-state index in [2.05, 4.69) is 10.6 Å². The summed E-state index contributed by atoms with van der Waals surface area (Å²) in [6.45, 7) is 0.454. The van der Waals surface area contributed by atoms with Crippen molar-refractivity contribution in [3.63, 3.8) is 0 Å². The lowest BCUT2D eigenvalue weighted by molar-refractivity contribution is -0.136. The number of urea groups is 1. The molecule has 0 bridgehead atoms. The summed E-state index contributed by atoms with van der Waals surface area (Å²) < 4.78 is 38.0. The molecule has 2 amide bonds. The average molecular weight is 275 g/mol. The highest BCUT2D eigenvalue weighted by molar-refractivity contribution is 5.73. The summed E-state index contributed by atoms with van der Waals surface area (Å²) in [7, 11) is 3.17. The number of benzene rings is 1. The predicted octanol–water partition coefficient (Wildman–Crippen LogP) is 2.39. The Balaban J connectivity index is 2.53. The number of nitrogens with zero attached hydrogens (tertiary/aromatic N) is 1. The SMILES string of the molecule is CN(C)C(=O)NCCNc1ccccc1C(F)(F)F. The Labute approximate surface area is 109 Å². The number of amides is 2. The Morgan fingerprint density at radius 1 is 1.21 bits per heavy atom. The fourth-order valence-corrected chi connectivity index (χ4v) is 1.41. The largest absolute Gasteiger partial charge is 0.418 e. The summed E-state index contributed by atoms with van der Waals surface area (Å²) in [5.41, 5.74) is -0.706. The maximum absolute atomic E-state index is 12.7. The molecule has 1 aromatic rings. The van der Waals surface area contributed by atoms with E-state index in [0.29, 0.717) is 0 Å². The summed E-state index contributed by atoms with van der Waals surface area (Å²) in [5, 5.41) is 5.21. The highest BCUT2D eigenvalue weighted by Gasteiger charge is 2.32. The number of carbonyl (C=O) groups excluding carboxylic acids is 1. The van der Waals surface area contributed by atoms with Crippen molar-refractivity contribution in [3.8, 4) is 0 Å². The number of hydrogen-bond donors (Lipinski definition) is 2. The monoisotopic (exact) mass is 275 g/mol. The van der Waals surface area contributed by atoms with Crippen LogP contribution in [0.15, 0.2) is 24.3 Å². The minimum absolute atomic E-state index is 0.00843. The van der Waals surface area contributed by atoms with Crippen LogP contribution in [0.4, 0.5) is 23.7 Å². The number of halogens is 3. The van der Waals surface area contributed by atoms with E-state index < -0.39 is 11.7 Å². The molecule has 0 aliphatic carbocycles. The third-order valence-corrected chi connectivity index (χ3v) is 2.36. The van der Waals surface area contributed by atoms with E-state index in [1.165, 1.54) is 23.1 Å². The molecule has 1 rings (SSSR count). The molecule has 0 atom stereocenters. The van der Waals surface area contributed by atoms with Crippen LogP contribution in [0.25, 0.3) is 0 Å². The Morgan fingerprint density at radius 3 is 2.42 bits per heavy atom. The van der Waals surface area contributed by atoms with Crippen molar-refractivity contribution in [1.29, 1.82) is 0 Å². The quantitative estimate of drug-likeness (QED) is 0.829. The lowest BCUT2D eigenvalue weighted by Gasteiger charge is -2.15. The van der Waals surface area contributed by atoms with Crippen LogP contribution in [-0.2, 0) is 6.18 Å². The van der Waals surface area contributed by atoms with Gasteiger partial charge in [-0.2, -0.15) is 13.2 Å². The van der Waals surface area contributed by atoms with Gasteiger partial charge in [0.15, 0.2) is 0 Å². The second kappa shape index (κ2) is 6.31. The molecule has 0 saturated carbocycles. The van der Waals surface area contributed by atoms with E-state index >= 15 is 0 Å². The maximum atomic E-state index is 12.7. The van der Waals surface area contributed by atoms with Crippen LogP contribution in [0.5, 0.6) is 0 Å². The van der Waals surface area contributed by atoms with Crippen LogP contribution in [0.2, 0.25) is 0 Å². The zero-order valence-corrected chi connectivity index (χ0v) is 10.7. The molecule has 0 aliphatic heterocycles. The Morgan fingerprint density at radius 2 is 1.84 bits per heavy atom. The number of anilines is 1. The van der Waals surface area contributed by atoms with Gasteiger partial charge in [0.25, 0.3) is 0 Å². The van der Waals surface area contributed by atoms with Gasteiger partial charge in [0.05, 0.1) is 5.56 Å². The lowest BCUT2D eigenvalue weighted by Crippen LogP contribution is -2.37. The molecule has 0 aromatic heterocycles. The summed E-state index contributed by atoms with van der Waals surface area (Å²) in [6, 6.07) is 4.95. The van der Waals surface area contributed by atoms with Crippen molar-refractivity contribution in [2.24, 2.45) is 0 Å². The molecule has 2 N–H and O–H groups in total. The van der Waals surface area contributed by atoms with Gasteiger partial charge >= 0.3 is 12.2 Å². The first-order chi connectivity index (χ1) is 8.82. The third kappa shape index (κ3) is 4.69. The minimum Gasteiger partial charge on any atom is -0.383 e. The first-order valence-electron chi connectivity index (χ1n) is 5.67. The maximum Gasteiger partial charge on any atom is 0.418 e. The third-order valence-electron chi connectivity index (χ3n) is 2.36. The molecule has 4 nitrogen and oxygen atoms in total. The standard InChI is InChI=1S/C12H16F3N3O/c1-18(2)11(19)17-8-7-16-10-6-4-3-5-9(10)12(13,14)15/h3-6,16H,7-8H2,1-2H3,(H,17,19). The van der Waals surface area contributed by atoms with Gasteiger partial charge in [-0.1, -0.05) is 12.1 Å². The molecule has 19 heavy (non-hydrogen) atoms. The van der Waals surface area contributed by atoms with Crippen molar-refractivity contribution >= 4 is 11.7 Å². The Bertz CT molecular complexity index is 432. The molecule has 0 saturated heterocycles. The highest BCUT2D eigenvalue weighted by atomic mass is 19.4. The first-order valence-corrected chi connectivity index (χ1v) is 5.67. The number of alkyl halides is 3. The summed E-state index contributed by atoms with van der Waals surface area (Å²) >= 11 is 0. The molecule has 0 radical (unpaired) electrons. The predicted molar refractivity (Wildman–Crippen MR) is 67.0 cm³/mol. The number of hydrogen-bond acceptors (Lipinski definition) is 2. The van der Waals surface area contributed by atoms with Crippen LogP contribution < -0.4 is 10.6 Å². The summed E-state index contributed by atoms with van der Waals surface area (Å²) in [6.07, 6.45) is -4.39. The number of para-hydroxylation sites is 1. The van der Waals surface area contributed by atoms with Gasteiger partial charge in [-0.25, -0.2) is 4.79 Å². The van der Waals surface area contributed by atoms with Crippen molar-refractivity contribution < 1.29 is 18.0 Å². The van der Waals surface area contributed by atoms with Gasteiger partial charge < -0.3 is 15.5 Å². The van der Waals surface area contributed by atoms with E-state index in [0.717, 1.165) is 6.07 Å². The molecular formula is C12H16F3N3O. The smallest absolute Gasteiger partial charge is 0.383 e. The van der Waals surface area contributed by atoms with Crippen molar-refractivity contribution in [1.82, 2.24) is 10.2 Å². The van der Waals surface area contributed by atoms with Crippen molar-refractivity contribution in [2.75, 3.05) is 32.5 Å². The molecule has 0 aliphatic rings. The molecule has 0 heterocycles. The average Bonchev–Trinajstić information content (AvgIpc) is 2.33. The number of rotatable bonds is 4. The molecule has 0 unspecified atom stereocenters. The fourth-order valence-electron chi connectivity index (χ4n) is 1.41. The van der Waals surface area contributed by atoms with Gasteiger partial charge in [0, 0.05) is 32.9 Å². The van der Waals surface area contributed by atoms with E-state index in [9.17, 15) is 18.0 Å². The second-order valence-electron chi connectivity index (χ2n) is 4.10.